The maximum absolute atomic E-state index is 6.15. The van der Waals surface area contributed by atoms with Crippen molar-refractivity contribution in [1.82, 2.24) is 9.62 Å². The quantitative estimate of drug-likeness (QED) is 0.462. The van der Waals surface area contributed by atoms with Gasteiger partial charge in [-0.25, -0.2) is 9.12 Å². The summed E-state index contributed by atoms with van der Waals surface area (Å²) in [6.45, 7) is 7.35. The van der Waals surface area contributed by atoms with E-state index in [0.29, 0.717) is 0 Å². The van der Waals surface area contributed by atoms with E-state index in [0.717, 1.165) is 38.5 Å². The second-order valence-electron chi connectivity index (χ2n) is 5.80. The van der Waals surface area contributed by atoms with Gasteiger partial charge in [-0.15, -0.1) is 0 Å². The third-order valence-corrected chi connectivity index (χ3v) is 4.16. The van der Waals surface area contributed by atoms with Crippen molar-refractivity contribution < 1.29 is 4.74 Å². The molecule has 1 N–H and O–H groups in total. The van der Waals surface area contributed by atoms with E-state index in [1.807, 2.05) is 6.21 Å². The van der Waals surface area contributed by atoms with Gasteiger partial charge in [-0.1, -0.05) is 19.9 Å². The van der Waals surface area contributed by atoms with Crippen LogP contribution in [0.15, 0.2) is 16.0 Å². The molecule has 1 unspecified atom stereocenters. The summed E-state index contributed by atoms with van der Waals surface area (Å²) in [6, 6.07) is 0. The Labute approximate surface area is 120 Å². The molecule has 108 valence electrons. The first-order valence-corrected chi connectivity index (χ1v) is 7.89. The highest BCUT2D eigenvalue weighted by Gasteiger charge is 2.38. The maximum atomic E-state index is 6.15. The molecule has 2 aliphatic heterocycles. The fraction of sp³-hybridized carbons (Fsp3) is 0.786. The molecule has 0 amide bonds. The summed E-state index contributed by atoms with van der Waals surface area (Å²) in [4.78, 5) is 2.33. The Morgan fingerprint density at radius 3 is 3.05 bits per heavy atom. The lowest BCUT2D eigenvalue weighted by Crippen LogP contribution is -2.49. The highest BCUT2D eigenvalue weighted by Crippen LogP contribution is 2.28. The summed E-state index contributed by atoms with van der Waals surface area (Å²) in [5.74, 6) is 0.735. The zero-order valence-corrected chi connectivity index (χ0v) is 13.0. The number of ether oxygens (including phenoxy) is 1. The number of likely N-dealkylation sites (N-methyl/N-ethyl adjacent to an activating group) is 1. The van der Waals surface area contributed by atoms with Gasteiger partial charge in [0.05, 0.1) is 18.3 Å². The summed E-state index contributed by atoms with van der Waals surface area (Å²) in [7, 11) is 2.15. The van der Waals surface area contributed by atoms with Gasteiger partial charge in [-0.3, -0.25) is 0 Å². The van der Waals surface area contributed by atoms with Crippen LogP contribution in [0.2, 0.25) is 0 Å². The van der Waals surface area contributed by atoms with E-state index in [9.17, 15) is 0 Å². The second kappa shape index (κ2) is 6.88. The molecule has 19 heavy (non-hydrogen) atoms. The van der Waals surface area contributed by atoms with Gasteiger partial charge in [0.25, 0.3) is 0 Å². The van der Waals surface area contributed by atoms with E-state index < -0.39 is 5.72 Å². The lowest BCUT2D eigenvalue weighted by atomic mass is 10.00. The number of hydrogen-bond acceptors (Lipinski definition) is 5. The topological polar surface area (TPSA) is 36.9 Å². The SMILES string of the molecule is CC(C)CCCOC1(C2=CCCN(C)C2)C=NSN1. The molecule has 2 rings (SSSR count). The third kappa shape index (κ3) is 4.05. The number of hydrogen-bond donors (Lipinski definition) is 1. The van der Waals surface area contributed by atoms with Crippen molar-refractivity contribution >= 4 is 18.3 Å². The molecule has 0 fully saturated rings. The summed E-state index contributed by atoms with van der Waals surface area (Å²) < 4.78 is 13.7. The van der Waals surface area contributed by atoms with Gasteiger partial charge in [-0.05, 0) is 37.8 Å². The minimum Gasteiger partial charge on any atom is -0.350 e. The van der Waals surface area contributed by atoms with Gasteiger partial charge in [-0.2, -0.15) is 0 Å². The molecule has 0 aromatic heterocycles. The molecule has 1 atom stereocenters. The average molecular weight is 283 g/mol. The Kier molecular flexibility index (Phi) is 5.45. The van der Waals surface area contributed by atoms with Crippen molar-refractivity contribution in [2.45, 2.75) is 38.8 Å². The number of rotatable bonds is 6. The van der Waals surface area contributed by atoms with Crippen molar-refractivity contribution in [2.75, 3.05) is 26.7 Å². The first-order valence-electron chi connectivity index (χ1n) is 7.12. The molecule has 0 saturated carbocycles. The Morgan fingerprint density at radius 1 is 1.58 bits per heavy atom. The van der Waals surface area contributed by atoms with E-state index in [4.69, 9.17) is 4.74 Å². The molecule has 0 saturated heterocycles. The van der Waals surface area contributed by atoms with Crippen LogP contribution in [0.25, 0.3) is 0 Å². The highest BCUT2D eigenvalue weighted by atomic mass is 32.2. The van der Waals surface area contributed by atoms with Gasteiger partial charge in [0.2, 0.25) is 0 Å². The molecule has 4 nitrogen and oxygen atoms in total. The normalized spacial score (nSPS) is 28.1. The van der Waals surface area contributed by atoms with E-state index in [1.165, 1.54) is 24.1 Å². The molecule has 0 bridgehead atoms. The first kappa shape index (κ1) is 15.0. The zero-order chi connectivity index (χ0) is 13.7. The Bertz CT molecular complexity index is 357. The predicted octanol–water partition coefficient (Wildman–Crippen LogP) is 2.63. The maximum Gasteiger partial charge on any atom is 0.189 e. The fourth-order valence-electron chi connectivity index (χ4n) is 2.42. The van der Waals surface area contributed by atoms with Crippen LogP contribution in [-0.2, 0) is 4.74 Å². The fourth-order valence-corrected chi connectivity index (χ4v) is 3.05. The van der Waals surface area contributed by atoms with Crippen molar-refractivity contribution in [1.29, 1.82) is 0 Å². The lowest BCUT2D eigenvalue weighted by molar-refractivity contribution is 0.0242. The average Bonchev–Trinajstić information content (AvgIpc) is 2.84. The van der Waals surface area contributed by atoms with Crippen LogP contribution in [0.3, 0.4) is 0 Å². The minimum absolute atomic E-state index is 0.476. The minimum atomic E-state index is -0.476. The summed E-state index contributed by atoms with van der Waals surface area (Å²) >= 11 is 1.38. The molecule has 0 spiro atoms. The standard InChI is InChI=1S/C14H25N3OS/c1-12(2)6-5-9-18-14(11-15-19-16-14)13-7-4-8-17(3)10-13/h7,11-12,16H,4-6,8-10H2,1-3H3. The molecule has 0 aromatic carbocycles. The molecule has 5 heteroatoms. The van der Waals surface area contributed by atoms with Crippen molar-refractivity contribution in [3.63, 3.8) is 0 Å². The Balaban J connectivity index is 1.94. The smallest absolute Gasteiger partial charge is 0.189 e. The van der Waals surface area contributed by atoms with Gasteiger partial charge >= 0.3 is 0 Å². The largest absolute Gasteiger partial charge is 0.350 e. The van der Waals surface area contributed by atoms with Crippen LogP contribution in [0.4, 0.5) is 0 Å². The Morgan fingerprint density at radius 2 is 2.42 bits per heavy atom. The van der Waals surface area contributed by atoms with Gasteiger partial charge in [0.15, 0.2) is 5.72 Å². The molecule has 2 aliphatic rings. The van der Waals surface area contributed by atoms with E-state index in [2.05, 4.69) is 41.0 Å². The van der Waals surface area contributed by atoms with Crippen molar-refractivity contribution in [3.05, 3.63) is 11.6 Å². The van der Waals surface area contributed by atoms with Crippen LogP contribution in [0, 0.1) is 5.92 Å². The summed E-state index contributed by atoms with van der Waals surface area (Å²) in [5.41, 5.74) is 0.815. The van der Waals surface area contributed by atoms with Crippen molar-refractivity contribution in [3.8, 4) is 0 Å². The second-order valence-corrected chi connectivity index (χ2v) is 6.40. The third-order valence-electron chi connectivity index (χ3n) is 3.56. The molecule has 0 aliphatic carbocycles. The van der Waals surface area contributed by atoms with Crippen LogP contribution in [-0.4, -0.2) is 43.6 Å². The molecular weight excluding hydrogens is 258 g/mol. The first-order chi connectivity index (χ1) is 9.12. The number of nitrogens with one attached hydrogen (secondary N) is 1. The van der Waals surface area contributed by atoms with Crippen LogP contribution >= 0.6 is 12.1 Å². The van der Waals surface area contributed by atoms with Crippen LogP contribution in [0.5, 0.6) is 0 Å². The zero-order valence-electron chi connectivity index (χ0n) is 12.2. The lowest BCUT2D eigenvalue weighted by Gasteiger charge is -2.34. The predicted molar refractivity (Wildman–Crippen MR) is 82.2 cm³/mol. The molecule has 2 heterocycles. The Hall–Kier alpha value is -0.360. The van der Waals surface area contributed by atoms with E-state index >= 15 is 0 Å². The van der Waals surface area contributed by atoms with Gasteiger partial charge in [0, 0.05) is 19.7 Å². The number of nitrogens with zero attached hydrogens (tertiary/aromatic N) is 2. The highest BCUT2D eigenvalue weighted by molar-refractivity contribution is 7.96. The molecular formula is C14H25N3OS. The molecule has 0 aromatic rings. The monoisotopic (exact) mass is 283 g/mol. The van der Waals surface area contributed by atoms with Crippen LogP contribution < -0.4 is 4.72 Å². The van der Waals surface area contributed by atoms with E-state index in [-0.39, 0.29) is 0 Å². The molecule has 0 radical (unpaired) electrons. The van der Waals surface area contributed by atoms with Crippen molar-refractivity contribution in [2.24, 2.45) is 10.3 Å². The van der Waals surface area contributed by atoms with Gasteiger partial charge < -0.3 is 9.64 Å². The summed E-state index contributed by atoms with van der Waals surface area (Å²) in [5, 5.41) is 0. The summed E-state index contributed by atoms with van der Waals surface area (Å²) in [6.07, 6.45) is 7.61. The van der Waals surface area contributed by atoms with E-state index in [1.54, 1.807) is 0 Å². The van der Waals surface area contributed by atoms with Gasteiger partial charge in [0.1, 0.15) is 0 Å². The van der Waals surface area contributed by atoms with Crippen LogP contribution in [0.1, 0.15) is 33.1 Å².